The minimum absolute atomic E-state index is 0.0128. The fourth-order valence-corrected chi connectivity index (χ4v) is 9.98. The zero-order valence-corrected chi connectivity index (χ0v) is 32.9. The van der Waals surface area contributed by atoms with Crippen molar-refractivity contribution in [1.29, 1.82) is 0 Å². The minimum Gasteiger partial charge on any atom is -0.456 e. The third kappa shape index (κ3) is 4.55. The van der Waals surface area contributed by atoms with Gasteiger partial charge in [0.25, 0.3) is 0 Å². The van der Waals surface area contributed by atoms with Crippen LogP contribution in [-0.4, -0.2) is 0 Å². The molecule has 1 aliphatic heterocycles. The van der Waals surface area contributed by atoms with Gasteiger partial charge in [0.05, 0.1) is 5.41 Å². The number of ether oxygens (including phenoxy) is 1. The molecule has 0 N–H and O–H groups in total. The summed E-state index contributed by atoms with van der Waals surface area (Å²) in [4.78, 5) is 0. The predicted octanol–water partition coefficient (Wildman–Crippen LogP) is 14.9. The van der Waals surface area contributed by atoms with Gasteiger partial charge in [-0.3, -0.25) is 0 Å². The Kier molecular flexibility index (Phi) is 6.77. The van der Waals surface area contributed by atoms with Crippen molar-refractivity contribution in [2.75, 3.05) is 0 Å². The lowest BCUT2D eigenvalue weighted by Gasteiger charge is -2.33. The molecular formula is C55H44O. The number of hydrogen-bond donors (Lipinski definition) is 0. The van der Waals surface area contributed by atoms with E-state index in [9.17, 15) is 0 Å². The highest BCUT2D eigenvalue weighted by Crippen LogP contribution is 2.64. The highest BCUT2D eigenvalue weighted by Gasteiger charge is 2.52. The minimum atomic E-state index is -0.440. The van der Waals surface area contributed by atoms with E-state index in [0.29, 0.717) is 0 Å². The van der Waals surface area contributed by atoms with E-state index in [-0.39, 0.29) is 10.8 Å². The van der Waals surface area contributed by atoms with Crippen molar-refractivity contribution < 1.29 is 4.74 Å². The van der Waals surface area contributed by atoms with Gasteiger partial charge in [-0.15, -0.1) is 0 Å². The molecule has 8 aromatic rings. The molecule has 3 aliphatic rings. The van der Waals surface area contributed by atoms with E-state index < -0.39 is 5.41 Å². The summed E-state index contributed by atoms with van der Waals surface area (Å²) in [6.45, 7) is 14.0. The van der Waals surface area contributed by atoms with Gasteiger partial charge in [-0.1, -0.05) is 175 Å². The molecule has 1 nitrogen and oxygen atoms in total. The first-order valence-corrected chi connectivity index (χ1v) is 20.0. The summed E-state index contributed by atoms with van der Waals surface area (Å²) in [6, 6.07) is 59.4. The lowest BCUT2D eigenvalue weighted by molar-refractivity contribution is 0.487. The first kappa shape index (κ1) is 33.2. The van der Waals surface area contributed by atoms with Crippen molar-refractivity contribution in [2.45, 2.75) is 57.8 Å². The van der Waals surface area contributed by atoms with E-state index in [1.54, 1.807) is 0 Å². The molecule has 270 valence electrons. The van der Waals surface area contributed by atoms with Crippen LogP contribution in [0.4, 0.5) is 0 Å². The van der Waals surface area contributed by atoms with E-state index in [0.717, 1.165) is 17.1 Å². The number of rotatable bonds is 2. The molecule has 56 heavy (non-hydrogen) atoms. The Labute approximate surface area is 330 Å². The zero-order valence-electron chi connectivity index (χ0n) is 32.9. The van der Waals surface area contributed by atoms with Gasteiger partial charge < -0.3 is 4.74 Å². The van der Waals surface area contributed by atoms with E-state index in [1.807, 2.05) is 0 Å². The standard InChI is InChI=1S/C55H44O/c1-53(2,3)36-21-24-41-42-25-22-37(54(4,5)6)32-49(42)55(48(41)31-36)46-18-11-10-15-39(46)40-23-19-35(30-47(40)55)34-20-27-50-45(29-34)44-17-12-16-43-38(33-13-8-7-9-14-33)26-28-51(56-50)52(43)44/h7-32H,1-6H3. The molecule has 1 heterocycles. The van der Waals surface area contributed by atoms with Gasteiger partial charge in [0.15, 0.2) is 0 Å². The van der Waals surface area contributed by atoms with Crippen molar-refractivity contribution in [3.63, 3.8) is 0 Å². The zero-order chi connectivity index (χ0) is 38.1. The van der Waals surface area contributed by atoms with Crippen LogP contribution in [0.15, 0.2) is 158 Å². The number of fused-ring (bicyclic) bond motifs is 12. The molecule has 0 bridgehead atoms. The van der Waals surface area contributed by atoms with Crippen LogP contribution in [-0.2, 0) is 16.2 Å². The van der Waals surface area contributed by atoms with Crippen LogP contribution in [0.5, 0.6) is 11.5 Å². The monoisotopic (exact) mass is 720 g/mol. The highest BCUT2D eigenvalue weighted by atomic mass is 16.5. The fourth-order valence-electron chi connectivity index (χ4n) is 9.98. The molecule has 0 amide bonds. The molecule has 0 saturated heterocycles. The van der Waals surface area contributed by atoms with E-state index in [1.165, 1.54) is 94.2 Å². The molecule has 1 heteroatoms. The Hall–Kier alpha value is -6.18. The maximum Gasteiger partial charge on any atom is 0.135 e. The van der Waals surface area contributed by atoms with E-state index in [4.69, 9.17) is 4.74 Å². The first-order chi connectivity index (χ1) is 27.0. The second-order valence-corrected chi connectivity index (χ2v) is 18.1. The van der Waals surface area contributed by atoms with Crippen LogP contribution in [0.3, 0.4) is 0 Å². The topological polar surface area (TPSA) is 9.23 Å². The van der Waals surface area contributed by atoms with Gasteiger partial charge >= 0.3 is 0 Å². The van der Waals surface area contributed by atoms with Crippen LogP contribution in [0.25, 0.3) is 66.4 Å². The molecule has 0 radical (unpaired) electrons. The Morgan fingerprint density at radius 2 is 0.893 bits per heavy atom. The SMILES string of the molecule is CC(C)(C)c1ccc2c(c1)C1(c3ccccc3-c3ccc(-c4ccc5c(c4)-c4cccc6c(-c7ccccc7)ccc(c46)O5)cc31)c1cc(C(C)(C)C)ccc1-2. The van der Waals surface area contributed by atoms with Gasteiger partial charge in [-0.2, -0.15) is 0 Å². The van der Waals surface area contributed by atoms with Crippen LogP contribution in [0.2, 0.25) is 0 Å². The van der Waals surface area contributed by atoms with Crippen molar-refractivity contribution in [3.8, 4) is 67.1 Å². The van der Waals surface area contributed by atoms with Gasteiger partial charge in [-0.25, -0.2) is 0 Å². The summed E-state index contributed by atoms with van der Waals surface area (Å²) in [5, 5.41) is 2.38. The number of hydrogen-bond acceptors (Lipinski definition) is 1. The van der Waals surface area contributed by atoms with Crippen LogP contribution >= 0.6 is 0 Å². The molecule has 1 spiro atoms. The molecule has 0 fully saturated rings. The van der Waals surface area contributed by atoms with Crippen molar-refractivity contribution in [3.05, 3.63) is 191 Å². The fraction of sp³-hybridized carbons (Fsp3) is 0.164. The lowest BCUT2D eigenvalue weighted by atomic mass is 9.68. The Bertz CT molecular complexity index is 2880. The van der Waals surface area contributed by atoms with Gasteiger partial charge in [0.2, 0.25) is 0 Å². The molecule has 0 atom stereocenters. The third-order valence-corrected chi connectivity index (χ3v) is 12.8. The summed E-state index contributed by atoms with van der Waals surface area (Å²) in [7, 11) is 0. The molecule has 11 rings (SSSR count). The maximum absolute atomic E-state index is 6.68. The largest absolute Gasteiger partial charge is 0.456 e. The first-order valence-electron chi connectivity index (χ1n) is 20.0. The normalized spacial score (nSPS) is 14.2. The van der Waals surface area contributed by atoms with E-state index >= 15 is 0 Å². The van der Waals surface area contributed by atoms with Crippen molar-refractivity contribution >= 4 is 10.8 Å². The van der Waals surface area contributed by atoms with Crippen molar-refractivity contribution in [2.24, 2.45) is 0 Å². The predicted molar refractivity (Wildman–Crippen MR) is 234 cm³/mol. The summed E-state index contributed by atoms with van der Waals surface area (Å²) in [5.74, 6) is 1.81. The van der Waals surface area contributed by atoms with E-state index in [2.05, 4.69) is 199 Å². The summed E-state index contributed by atoms with van der Waals surface area (Å²) in [5.41, 5.74) is 20.3. The molecular weight excluding hydrogens is 677 g/mol. The number of benzene rings is 8. The Morgan fingerprint density at radius 1 is 0.357 bits per heavy atom. The Morgan fingerprint density at radius 3 is 1.59 bits per heavy atom. The average molecular weight is 721 g/mol. The Balaban J connectivity index is 1.14. The third-order valence-electron chi connectivity index (χ3n) is 12.8. The molecule has 8 aromatic carbocycles. The van der Waals surface area contributed by atoms with Crippen LogP contribution in [0.1, 0.15) is 74.9 Å². The summed E-state index contributed by atoms with van der Waals surface area (Å²) < 4.78 is 6.68. The smallest absolute Gasteiger partial charge is 0.135 e. The molecule has 0 unspecified atom stereocenters. The van der Waals surface area contributed by atoms with Crippen LogP contribution in [0, 0.1) is 0 Å². The van der Waals surface area contributed by atoms with Gasteiger partial charge in [-0.05, 0) is 124 Å². The van der Waals surface area contributed by atoms with Gasteiger partial charge in [0.1, 0.15) is 11.5 Å². The average Bonchev–Trinajstić information content (AvgIpc) is 3.67. The molecule has 2 aliphatic carbocycles. The summed E-state index contributed by atoms with van der Waals surface area (Å²) >= 11 is 0. The second-order valence-electron chi connectivity index (χ2n) is 18.1. The second kappa shape index (κ2) is 11.4. The van der Waals surface area contributed by atoms with Crippen molar-refractivity contribution in [1.82, 2.24) is 0 Å². The molecule has 0 saturated carbocycles. The highest BCUT2D eigenvalue weighted by molar-refractivity contribution is 6.10. The maximum atomic E-state index is 6.68. The summed E-state index contributed by atoms with van der Waals surface area (Å²) in [6.07, 6.45) is 0. The quantitative estimate of drug-likeness (QED) is 0.173. The molecule has 0 aromatic heterocycles. The van der Waals surface area contributed by atoms with Crippen LogP contribution < -0.4 is 4.74 Å². The van der Waals surface area contributed by atoms with Gasteiger partial charge in [0, 0.05) is 10.9 Å². The lowest BCUT2D eigenvalue weighted by Crippen LogP contribution is -2.27.